The summed E-state index contributed by atoms with van der Waals surface area (Å²) in [5, 5.41) is 14.0. The number of benzene rings is 1. The van der Waals surface area contributed by atoms with Gasteiger partial charge in [-0.15, -0.1) is 0 Å². The lowest BCUT2D eigenvalue weighted by molar-refractivity contribution is 0.0785. The third kappa shape index (κ3) is 5.36. The van der Waals surface area contributed by atoms with Crippen molar-refractivity contribution in [3.63, 3.8) is 0 Å². The molecule has 32 heavy (non-hydrogen) atoms. The number of halogens is 1. The van der Waals surface area contributed by atoms with E-state index in [9.17, 15) is 14.3 Å². The highest BCUT2D eigenvalue weighted by molar-refractivity contribution is 5.94. The van der Waals surface area contributed by atoms with Crippen molar-refractivity contribution in [2.24, 2.45) is 0 Å². The Labute approximate surface area is 187 Å². The second-order valence-electron chi connectivity index (χ2n) is 8.35. The van der Waals surface area contributed by atoms with Crippen LogP contribution in [0, 0.1) is 5.82 Å². The maximum atomic E-state index is 13.4. The number of rotatable bonds is 7. The smallest absolute Gasteiger partial charge is 0.253 e. The van der Waals surface area contributed by atoms with E-state index >= 15 is 0 Å². The second kappa shape index (κ2) is 9.97. The molecule has 166 valence electrons. The Hall–Kier alpha value is -3.16. The third-order valence-corrected chi connectivity index (χ3v) is 5.90. The Kier molecular flexibility index (Phi) is 6.87. The van der Waals surface area contributed by atoms with Crippen LogP contribution in [0.2, 0.25) is 0 Å². The Bertz CT molecular complexity index is 1050. The van der Waals surface area contributed by atoms with E-state index < -0.39 is 11.9 Å². The van der Waals surface area contributed by atoms with E-state index in [4.69, 9.17) is 0 Å². The molecule has 2 aromatic heterocycles. The van der Waals surface area contributed by atoms with Gasteiger partial charge in [0.1, 0.15) is 5.82 Å². The molecule has 0 spiro atoms. The second-order valence-corrected chi connectivity index (χ2v) is 8.35. The van der Waals surface area contributed by atoms with Crippen molar-refractivity contribution in [3.05, 3.63) is 95.3 Å². The molecule has 1 unspecified atom stereocenters. The molecular formula is C25H27FN4O2. The number of aromatic nitrogens is 2. The molecular weight excluding hydrogens is 407 g/mol. The van der Waals surface area contributed by atoms with E-state index in [-0.39, 0.29) is 18.0 Å². The molecule has 0 aliphatic carbocycles. The molecule has 1 aliphatic heterocycles. The molecule has 6 nitrogen and oxygen atoms in total. The van der Waals surface area contributed by atoms with Crippen LogP contribution in [0.4, 0.5) is 4.39 Å². The number of nitrogens with one attached hydrogen (secondary N) is 1. The van der Waals surface area contributed by atoms with Gasteiger partial charge in [0.05, 0.1) is 12.3 Å². The topological polar surface area (TPSA) is 78.4 Å². The van der Waals surface area contributed by atoms with Crippen molar-refractivity contribution in [3.8, 4) is 0 Å². The number of pyridine rings is 2. The van der Waals surface area contributed by atoms with E-state index in [0.29, 0.717) is 17.7 Å². The van der Waals surface area contributed by atoms with E-state index in [0.717, 1.165) is 36.6 Å². The van der Waals surface area contributed by atoms with Gasteiger partial charge in [0.2, 0.25) is 0 Å². The molecule has 1 saturated heterocycles. The highest BCUT2D eigenvalue weighted by Crippen LogP contribution is 2.27. The molecule has 0 radical (unpaired) electrons. The molecule has 1 aromatic carbocycles. The van der Waals surface area contributed by atoms with Crippen LogP contribution in [-0.4, -0.2) is 45.0 Å². The lowest BCUT2D eigenvalue weighted by Gasteiger charge is -2.20. The van der Waals surface area contributed by atoms with E-state index in [1.165, 1.54) is 12.3 Å². The molecule has 4 rings (SSSR count). The minimum Gasteiger partial charge on any atom is -0.387 e. The minimum absolute atomic E-state index is 0.0358. The summed E-state index contributed by atoms with van der Waals surface area (Å²) in [6.45, 7) is 0.505. The average Bonchev–Trinajstić information content (AvgIpc) is 3.27. The number of aliphatic hydroxyl groups is 1. The number of nitrogens with zero attached hydrogens (tertiary/aromatic N) is 3. The first-order chi connectivity index (χ1) is 15.5. The highest BCUT2D eigenvalue weighted by Gasteiger charge is 2.30. The number of aliphatic hydroxyl groups excluding tert-OH is 1. The van der Waals surface area contributed by atoms with Crippen LogP contribution in [-0.2, 0) is 13.0 Å². The predicted octanol–water partition coefficient (Wildman–Crippen LogP) is 3.28. The van der Waals surface area contributed by atoms with E-state index in [2.05, 4.69) is 15.3 Å². The number of hydrogen-bond donors (Lipinski definition) is 2. The molecule has 7 heteroatoms. The quantitative estimate of drug-likeness (QED) is 0.597. The summed E-state index contributed by atoms with van der Waals surface area (Å²) in [5.41, 5.74) is 3.24. The summed E-state index contributed by atoms with van der Waals surface area (Å²) in [6.07, 6.45) is 7.83. The molecule has 1 fully saturated rings. The van der Waals surface area contributed by atoms with Crippen LogP contribution in [0.3, 0.4) is 0 Å². The van der Waals surface area contributed by atoms with Gasteiger partial charge < -0.3 is 15.3 Å². The molecule has 1 aliphatic rings. The van der Waals surface area contributed by atoms with Gasteiger partial charge in [-0.1, -0.05) is 18.2 Å². The van der Waals surface area contributed by atoms with Gasteiger partial charge in [-0.2, -0.15) is 0 Å². The molecule has 3 heterocycles. The van der Waals surface area contributed by atoms with Gasteiger partial charge in [0.15, 0.2) is 0 Å². The number of amides is 1. The number of carbonyl (C=O) groups is 1. The average molecular weight is 435 g/mol. The maximum Gasteiger partial charge on any atom is 0.253 e. The fourth-order valence-corrected chi connectivity index (χ4v) is 4.21. The summed E-state index contributed by atoms with van der Waals surface area (Å²) in [5.74, 6) is -0.483. The van der Waals surface area contributed by atoms with Crippen LogP contribution < -0.4 is 5.32 Å². The van der Waals surface area contributed by atoms with Crippen molar-refractivity contribution < 1.29 is 14.3 Å². The first-order valence-corrected chi connectivity index (χ1v) is 10.8. The monoisotopic (exact) mass is 434 g/mol. The fraction of sp³-hybridized carbons (Fsp3) is 0.320. The summed E-state index contributed by atoms with van der Waals surface area (Å²) in [4.78, 5) is 22.3. The predicted molar refractivity (Wildman–Crippen MR) is 119 cm³/mol. The summed E-state index contributed by atoms with van der Waals surface area (Å²) in [6, 6.07) is 12.9. The lowest BCUT2D eigenvalue weighted by Crippen LogP contribution is -2.35. The van der Waals surface area contributed by atoms with Gasteiger partial charge in [-0.05, 0) is 54.7 Å². The Morgan fingerprint density at radius 2 is 1.97 bits per heavy atom. The standard InChI is InChI=1S/C25H27FN4O2/c1-30(16-18-3-2-10-27-13-18)25(32)19-6-4-17(5-7-19)11-22-8-9-23(29-22)24(31)20-12-21(26)15-28-14-20/h2-7,10,12-15,22-24,29,31H,8-9,11,16H2,1H3/t22-,23+,24?/m0/s1. The summed E-state index contributed by atoms with van der Waals surface area (Å²) in [7, 11) is 1.78. The normalized spacial score (nSPS) is 19.0. The number of hydrogen-bond acceptors (Lipinski definition) is 5. The van der Waals surface area contributed by atoms with Crippen molar-refractivity contribution in [2.75, 3.05) is 7.05 Å². The molecule has 0 bridgehead atoms. The minimum atomic E-state index is -0.793. The van der Waals surface area contributed by atoms with E-state index in [1.807, 2.05) is 36.4 Å². The first kappa shape index (κ1) is 22.0. The fourth-order valence-electron chi connectivity index (χ4n) is 4.21. The molecule has 3 atom stereocenters. The van der Waals surface area contributed by atoms with Crippen LogP contribution >= 0.6 is 0 Å². The Morgan fingerprint density at radius 3 is 2.69 bits per heavy atom. The van der Waals surface area contributed by atoms with Crippen molar-refractivity contribution in [1.82, 2.24) is 20.2 Å². The zero-order valence-corrected chi connectivity index (χ0v) is 18.0. The van der Waals surface area contributed by atoms with Crippen LogP contribution in [0.5, 0.6) is 0 Å². The largest absolute Gasteiger partial charge is 0.387 e. The molecule has 2 N–H and O–H groups in total. The molecule has 1 amide bonds. The van der Waals surface area contributed by atoms with E-state index in [1.54, 1.807) is 24.3 Å². The summed E-state index contributed by atoms with van der Waals surface area (Å²) < 4.78 is 13.4. The van der Waals surface area contributed by atoms with Crippen LogP contribution in [0.25, 0.3) is 0 Å². The first-order valence-electron chi connectivity index (χ1n) is 10.8. The number of carbonyl (C=O) groups excluding carboxylic acids is 1. The van der Waals surface area contributed by atoms with Gasteiger partial charge in [0.25, 0.3) is 5.91 Å². The molecule has 0 saturated carbocycles. The van der Waals surface area contributed by atoms with Crippen molar-refractivity contribution in [1.29, 1.82) is 0 Å². The van der Waals surface area contributed by atoms with Gasteiger partial charge in [0, 0.05) is 55.4 Å². The zero-order chi connectivity index (χ0) is 22.5. The van der Waals surface area contributed by atoms with Gasteiger partial charge >= 0.3 is 0 Å². The highest BCUT2D eigenvalue weighted by atomic mass is 19.1. The van der Waals surface area contributed by atoms with Gasteiger partial charge in [-0.3, -0.25) is 14.8 Å². The van der Waals surface area contributed by atoms with Gasteiger partial charge in [-0.25, -0.2) is 4.39 Å². The lowest BCUT2D eigenvalue weighted by atomic mass is 10.0. The molecule has 3 aromatic rings. The Balaban J connectivity index is 1.31. The van der Waals surface area contributed by atoms with Crippen LogP contribution in [0.1, 0.15) is 46.0 Å². The Morgan fingerprint density at radius 1 is 1.16 bits per heavy atom. The maximum absolute atomic E-state index is 13.4. The van der Waals surface area contributed by atoms with Crippen molar-refractivity contribution in [2.45, 2.75) is 44.0 Å². The SMILES string of the molecule is CN(Cc1cccnc1)C(=O)c1ccc(C[C@@H]2CC[C@H](C(O)c3cncc(F)c3)N2)cc1. The van der Waals surface area contributed by atoms with Crippen LogP contribution in [0.15, 0.2) is 67.3 Å². The zero-order valence-electron chi connectivity index (χ0n) is 18.0. The van der Waals surface area contributed by atoms with Crippen molar-refractivity contribution >= 4 is 5.91 Å². The third-order valence-electron chi connectivity index (χ3n) is 5.90. The summed E-state index contributed by atoms with van der Waals surface area (Å²) >= 11 is 0.